The van der Waals surface area contributed by atoms with Gasteiger partial charge in [-0.2, -0.15) is 0 Å². The van der Waals surface area contributed by atoms with Crippen LogP contribution in [0.25, 0.3) is 0 Å². The molecule has 3 atom stereocenters. The summed E-state index contributed by atoms with van der Waals surface area (Å²) in [6.45, 7) is 5.21. The van der Waals surface area contributed by atoms with E-state index in [1.807, 2.05) is 0 Å². The molecule has 2 fully saturated rings. The van der Waals surface area contributed by atoms with E-state index in [1.54, 1.807) is 0 Å². The summed E-state index contributed by atoms with van der Waals surface area (Å²) in [7, 11) is 0. The van der Waals surface area contributed by atoms with Crippen molar-refractivity contribution in [1.82, 2.24) is 5.32 Å². The van der Waals surface area contributed by atoms with Crippen LogP contribution in [0.4, 0.5) is 0 Å². The van der Waals surface area contributed by atoms with Gasteiger partial charge in [0.25, 0.3) is 0 Å². The summed E-state index contributed by atoms with van der Waals surface area (Å²) in [4.78, 5) is 0. The fourth-order valence-electron chi connectivity index (χ4n) is 2.83. The zero-order valence-corrected chi connectivity index (χ0v) is 11.1. The minimum absolute atomic E-state index is 0.479. The predicted octanol–water partition coefficient (Wildman–Crippen LogP) is 2.49. The zero-order chi connectivity index (χ0) is 11.9. The molecule has 3 nitrogen and oxygen atoms in total. The van der Waals surface area contributed by atoms with Crippen LogP contribution in [-0.4, -0.2) is 38.0 Å². The number of ether oxygens (including phenoxy) is 2. The minimum atomic E-state index is 0.479. The van der Waals surface area contributed by atoms with E-state index >= 15 is 0 Å². The first-order chi connectivity index (χ1) is 8.38. The van der Waals surface area contributed by atoms with Gasteiger partial charge in [-0.05, 0) is 51.5 Å². The minimum Gasteiger partial charge on any atom is -0.378 e. The van der Waals surface area contributed by atoms with E-state index in [4.69, 9.17) is 9.47 Å². The quantitative estimate of drug-likeness (QED) is 0.802. The monoisotopic (exact) mass is 241 g/mol. The molecule has 100 valence electrons. The summed E-state index contributed by atoms with van der Waals surface area (Å²) in [6, 6.07) is 0.664. The van der Waals surface area contributed by atoms with Gasteiger partial charge >= 0.3 is 0 Å². The first kappa shape index (κ1) is 13.3. The Kier molecular flexibility index (Phi) is 5.75. The molecule has 17 heavy (non-hydrogen) atoms. The van der Waals surface area contributed by atoms with Gasteiger partial charge in [0.15, 0.2) is 0 Å². The van der Waals surface area contributed by atoms with Crippen LogP contribution in [-0.2, 0) is 9.47 Å². The Bertz CT molecular complexity index is 204. The highest BCUT2D eigenvalue weighted by Gasteiger charge is 2.21. The predicted molar refractivity (Wildman–Crippen MR) is 69.3 cm³/mol. The molecular weight excluding hydrogens is 214 g/mol. The molecule has 2 aliphatic rings. The molecule has 0 aromatic rings. The number of rotatable bonds is 5. The van der Waals surface area contributed by atoms with Gasteiger partial charge in [-0.25, -0.2) is 0 Å². The summed E-state index contributed by atoms with van der Waals surface area (Å²) in [6.07, 6.45) is 9.52. The Balaban J connectivity index is 1.57. The molecule has 0 bridgehead atoms. The summed E-state index contributed by atoms with van der Waals surface area (Å²) in [5, 5.41) is 3.67. The van der Waals surface area contributed by atoms with Crippen molar-refractivity contribution in [2.75, 3.05) is 19.8 Å². The van der Waals surface area contributed by atoms with Crippen LogP contribution in [0.3, 0.4) is 0 Å². The lowest BCUT2D eigenvalue weighted by atomic mass is 10.0. The third-order valence-electron chi connectivity index (χ3n) is 4.00. The molecule has 1 N–H and O–H groups in total. The van der Waals surface area contributed by atoms with E-state index in [-0.39, 0.29) is 0 Å². The van der Waals surface area contributed by atoms with Crippen molar-refractivity contribution in [3.8, 4) is 0 Å². The molecule has 0 saturated carbocycles. The lowest BCUT2D eigenvalue weighted by molar-refractivity contribution is -0.00477. The van der Waals surface area contributed by atoms with E-state index in [2.05, 4.69) is 12.2 Å². The molecule has 3 unspecified atom stereocenters. The molecule has 2 aliphatic heterocycles. The second kappa shape index (κ2) is 7.34. The maximum atomic E-state index is 5.74. The maximum absolute atomic E-state index is 5.74. The lowest BCUT2D eigenvalue weighted by Gasteiger charge is -2.30. The van der Waals surface area contributed by atoms with Gasteiger partial charge in [0, 0.05) is 19.3 Å². The molecule has 0 spiro atoms. The highest BCUT2D eigenvalue weighted by molar-refractivity contribution is 4.77. The second-order valence-electron chi connectivity index (χ2n) is 5.35. The summed E-state index contributed by atoms with van der Waals surface area (Å²) < 4.78 is 11.4. The van der Waals surface area contributed by atoms with Gasteiger partial charge in [0.1, 0.15) is 0 Å². The second-order valence-corrected chi connectivity index (χ2v) is 5.35. The van der Waals surface area contributed by atoms with Crippen molar-refractivity contribution >= 4 is 0 Å². The summed E-state index contributed by atoms with van der Waals surface area (Å²) in [5.41, 5.74) is 0. The molecule has 0 radical (unpaired) electrons. The molecule has 0 amide bonds. The normalized spacial score (nSPS) is 34.8. The van der Waals surface area contributed by atoms with Crippen molar-refractivity contribution < 1.29 is 9.47 Å². The van der Waals surface area contributed by atoms with E-state index < -0.39 is 0 Å². The van der Waals surface area contributed by atoms with Crippen LogP contribution >= 0.6 is 0 Å². The van der Waals surface area contributed by atoms with Gasteiger partial charge in [0.05, 0.1) is 12.2 Å². The smallest absolute Gasteiger partial charge is 0.0587 e. The Morgan fingerprint density at radius 3 is 2.71 bits per heavy atom. The van der Waals surface area contributed by atoms with E-state index in [0.717, 1.165) is 26.2 Å². The van der Waals surface area contributed by atoms with E-state index in [0.29, 0.717) is 18.2 Å². The van der Waals surface area contributed by atoms with Crippen molar-refractivity contribution in [3.63, 3.8) is 0 Å². The summed E-state index contributed by atoms with van der Waals surface area (Å²) >= 11 is 0. The fourth-order valence-corrected chi connectivity index (χ4v) is 2.83. The Morgan fingerprint density at radius 2 is 1.94 bits per heavy atom. The van der Waals surface area contributed by atoms with Crippen LogP contribution in [0.2, 0.25) is 0 Å². The summed E-state index contributed by atoms with van der Waals surface area (Å²) in [5.74, 6) is 0. The number of hydrogen-bond donors (Lipinski definition) is 1. The third-order valence-corrected chi connectivity index (χ3v) is 4.00. The number of hydrogen-bond acceptors (Lipinski definition) is 3. The van der Waals surface area contributed by atoms with Gasteiger partial charge < -0.3 is 14.8 Å². The van der Waals surface area contributed by atoms with Crippen molar-refractivity contribution in [1.29, 1.82) is 0 Å². The first-order valence-electron chi connectivity index (χ1n) is 7.35. The van der Waals surface area contributed by atoms with Gasteiger partial charge in [-0.1, -0.05) is 6.92 Å². The highest BCUT2D eigenvalue weighted by atomic mass is 16.5. The maximum Gasteiger partial charge on any atom is 0.0587 e. The van der Waals surface area contributed by atoms with Crippen LogP contribution in [0, 0.1) is 0 Å². The van der Waals surface area contributed by atoms with Gasteiger partial charge in [-0.3, -0.25) is 0 Å². The molecule has 2 heterocycles. The molecule has 2 rings (SSSR count). The Hall–Kier alpha value is -0.120. The number of nitrogens with one attached hydrogen (secondary N) is 1. The van der Waals surface area contributed by atoms with Gasteiger partial charge in [-0.15, -0.1) is 0 Å². The highest BCUT2D eigenvalue weighted by Crippen LogP contribution is 2.18. The SMILES string of the molecule is CCC1CC(NCCC2CCCCO2)CCO1. The molecule has 2 saturated heterocycles. The van der Waals surface area contributed by atoms with Crippen molar-refractivity contribution in [2.24, 2.45) is 0 Å². The van der Waals surface area contributed by atoms with Crippen molar-refractivity contribution in [3.05, 3.63) is 0 Å². The molecular formula is C14H27NO2. The standard InChI is InChI=1S/C14H27NO2/c1-2-13-11-12(7-10-17-13)15-8-6-14-5-3-4-9-16-14/h12-15H,2-11H2,1H3. The Labute approximate surface area is 105 Å². The van der Waals surface area contributed by atoms with E-state index in [9.17, 15) is 0 Å². The molecule has 3 heteroatoms. The molecule has 0 aromatic heterocycles. The lowest BCUT2D eigenvalue weighted by Crippen LogP contribution is -2.40. The molecule has 0 aromatic carbocycles. The Morgan fingerprint density at radius 1 is 1.06 bits per heavy atom. The fraction of sp³-hybridized carbons (Fsp3) is 1.00. The molecule has 0 aliphatic carbocycles. The average Bonchev–Trinajstić information content (AvgIpc) is 2.40. The van der Waals surface area contributed by atoms with Crippen LogP contribution in [0.5, 0.6) is 0 Å². The zero-order valence-electron chi connectivity index (χ0n) is 11.1. The van der Waals surface area contributed by atoms with Crippen LogP contribution in [0.1, 0.15) is 51.9 Å². The van der Waals surface area contributed by atoms with E-state index in [1.165, 1.54) is 38.5 Å². The van der Waals surface area contributed by atoms with Crippen LogP contribution in [0.15, 0.2) is 0 Å². The van der Waals surface area contributed by atoms with Gasteiger partial charge in [0.2, 0.25) is 0 Å². The van der Waals surface area contributed by atoms with Crippen LogP contribution < -0.4 is 5.32 Å². The van der Waals surface area contributed by atoms with Crippen molar-refractivity contribution in [2.45, 2.75) is 70.1 Å². The largest absolute Gasteiger partial charge is 0.378 e. The topological polar surface area (TPSA) is 30.5 Å². The first-order valence-corrected chi connectivity index (χ1v) is 7.35. The average molecular weight is 241 g/mol. The third kappa shape index (κ3) is 4.57.